The Morgan fingerprint density at radius 3 is 3.00 bits per heavy atom. The molecule has 2 heterocycles. The number of ketones is 1. The molecule has 17 heavy (non-hydrogen) atoms. The van der Waals surface area contributed by atoms with Crippen LogP contribution in [0.3, 0.4) is 0 Å². The molecule has 1 aliphatic heterocycles. The Hall–Kier alpha value is -1.91. The van der Waals surface area contributed by atoms with E-state index in [2.05, 4.69) is 10.3 Å². The van der Waals surface area contributed by atoms with E-state index in [-0.39, 0.29) is 18.3 Å². The lowest BCUT2D eigenvalue weighted by Crippen LogP contribution is -2.39. The van der Waals surface area contributed by atoms with Gasteiger partial charge in [0.2, 0.25) is 0 Å². The highest BCUT2D eigenvalue weighted by molar-refractivity contribution is 5.94. The highest BCUT2D eigenvalue weighted by Gasteiger charge is 2.41. The fourth-order valence-corrected chi connectivity index (χ4v) is 1.72. The van der Waals surface area contributed by atoms with Crippen molar-refractivity contribution in [3.05, 3.63) is 24.4 Å². The molecule has 5 heteroatoms. The van der Waals surface area contributed by atoms with Crippen molar-refractivity contribution in [2.24, 2.45) is 0 Å². The number of hydrogen-bond acceptors (Lipinski definition) is 5. The predicted molar refractivity (Wildman–Crippen MR) is 61.5 cm³/mol. The van der Waals surface area contributed by atoms with Gasteiger partial charge in [-0.25, -0.2) is 4.98 Å². The number of Topliss-reactive ketones (excluding diaryl/α,β-unsaturated/α-hetero) is 1. The summed E-state index contributed by atoms with van der Waals surface area (Å²) in [6.45, 7) is 1.77. The van der Waals surface area contributed by atoms with Crippen LogP contribution in [0.2, 0.25) is 0 Å². The van der Waals surface area contributed by atoms with E-state index in [1.165, 1.54) is 0 Å². The second-order valence-corrected chi connectivity index (χ2v) is 4.20. The number of rotatable bonds is 4. The second kappa shape index (κ2) is 4.53. The van der Waals surface area contributed by atoms with Crippen LogP contribution >= 0.6 is 0 Å². The molecule has 0 amide bonds. The minimum Gasteiger partial charge on any atom is -0.451 e. The number of aromatic nitrogens is 1. The number of ether oxygens (including phenoxy) is 1. The third-order valence-corrected chi connectivity index (χ3v) is 2.83. The Kier molecular flexibility index (Phi) is 3.08. The predicted octanol–water partition coefficient (Wildman–Crippen LogP) is 1.16. The zero-order chi connectivity index (χ0) is 12.3. The van der Waals surface area contributed by atoms with Gasteiger partial charge >= 0.3 is 5.97 Å². The summed E-state index contributed by atoms with van der Waals surface area (Å²) >= 11 is 0. The molecule has 0 aromatic carbocycles. The monoisotopic (exact) mass is 234 g/mol. The molecule has 1 atom stereocenters. The fourth-order valence-electron chi connectivity index (χ4n) is 1.72. The van der Waals surface area contributed by atoms with Gasteiger partial charge in [-0.15, -0.1) is 0 Å². The lowest BCUT2D eigenvalue weighted by molar-refractivity contribution is -0.154. The lowest BCUT2D eigenvalue weighted by atomic mass is 9.97. The molecule has 90 valence electrons. The number of anilines is 1. The zero-order valence-electron chi connectivity index (χ0n) is 9.60. The Labute approximate surface area is 99.2 Å². The molecule has 1 aromatic heterocycles. The van der Waals surface area contributed by atoms with Crippen LogP contribution in [0.15, 0.2) is 24.4 Å². The average molecular weight is 234 g/mol. The van der Waals surface area contributed by atoms with Crippen LogP contribution in [-0.4, -0.2) is 28.9 Å². The minimum atomic E-state index is -0.973. The molecule has 2 rings (SSSR count). The smallest absolute Gasteiger partial charge is 0.306 e. The van der Waals surface area contributed by atoms with Crippen molar-refractivity contribution in [1.29, 1.82) is 0 Å². The maximum absolute atomic E-state index is 11.9. The minimum absolute atomic E-state index is 0.112. The van der Waals surface area contributed by atoms with Gasteiger partial charge in [0.15, 0.2) is 11.4 Å². The van der Waals surface area contributed by atoms with Crippen molar-refractivity contribution < 1.29 is 14.3 Å². The highest BCUT2D eigenvalue weighted by Crippen LogP contribution is 2.27. The van der Waals surface area contributed by atoms with Crippen LogP contribution in [0.1, 0.15) is 19.8 Å². The lowest BCUT2D eigenvalue weighted by Gasteiger charge is -2.20. The third-order valence-electron chi connectivity index (χ3n) is 2.83. The van der Waals surface area contributed by atoms with Crippen molar-refractivity contribution in [1.82, 2.24) is 4.98 Å². The van der Waals surface area contributed by atoms with E-state index in [1.807, 2.05) is 6.07 Å². The summed E-state index contributed by atoms with van der Waals surface area (Å²) in [6, 6.07) is 5.40. The van der Waals surface area contributed by atoms with Crippen molar-refractivity contribution in [2.75, 3.05) is 11.9 Å². The van der Waals surface area contributed by atoms with Crippen LogP contribution in [0, 0.1) is 0 Å². The van der Waals surface area contributed by atoms with Gasteiger partial charge in [-0.3, -0.25) is 9.59 Å². The van der Waals surface area contributed by atoms with Crippen molar-refractivity contribution >= 4 is 17.6 Å². The molecular formula is C12H14N2O3. The number of cyclic esters (lactones) is 1. The van der Waals surface area contributed by atoms with Gasteiger partial charge in [-0.05, 0) is 19.1 Å². The first-order valence-corrected chi connectivity index (χ1v) is 5.50. The van der Waals surface area contributed by atoms with E-state index in [9.17, 15) is 9.59 Å². The number of nitrogens with zero attached hydrogens (tertiary/aromatic N) is 1. The molecule has 1 aromatic rings. The summed E-state index contributed by atoms with van der Waals surface area (Å²) in [5.41, 5.74) is -0.973. The first-order valence-electron chi connectivity index (χ1n) is 5.50. The summed E-state index contributed by atoms with van der Waals surface area (Å²) in [5, 5.41) is 2.91. The number of hydrogen-bond donors (Lipinski definition) is 1. The number of esters is 1. The summed E-state index contributed by atoms with van der Waals surface area (Å²) in [4.78, 5) is 27.0. The molecule has 1 aliphatic rings. The van der Waals surface area contributed by atoms with Crippen LogP contribution in [0.5, 0.6) is 0 Å². The normalized spacial score (nSPS) is 23.2. The van der Waals surface area contributed by atoms with Gasteiger partial charge < -0.3 is 10.1 Å². The second-order valence-electron chi connectivity index (χ2n) is 4.20. The summed E-state index contributed by atoms with van der Waals surface area (Å²) < 4.78 is 5.05. The highest BCUT2D eigenvalue weighted by atomic mass is 16.6. The van der Waals surface area contributed by atoms with Crippen LogP contribution in [0.4, 0.5) is 5.82 Å². The molecule has 0 bridgehead atoms. The zero-order valence-corrected chi connectivity index (χ0v) is 9.60. The first-order chi connectivity index (χ1) is 8.10. The maximum Gasteiger partial charge on any atom is 0.306 e. The molecule has 1 saturated heterocycles. The Balaban J connectivity index is 1.92. The number of carbonyl (C=O) groups is 2. The number of carbonyl (C=O) groups excluding carboxylic acids is 2. The summed E-state index contributed by atoms with van der Waals surface area (Å²) in [6.07, 6.45) is 2.41. The molecule has 0 saturated carbocycles. The number of nitrogens with one attached hydrogen (secondary N) is 1. The molecule has 0 radical (unpaired) electrons. The fraction of sp³-hybridized carbons (Fsp3) is 0.417. The van der Waals surface area contributed by atoms with Crippen LogP contribution in [0.25, 0.3) is 0 Å². The van der Waals surface area contributed by atoms with E-state index in [1.54, 1.807) is 25.3 Å². The van der Waals surface area contributed by atoms with Crippen molar-refractivity contribution in [3.63, 3.8) is 0 Å². The largest absolute Gasteiger partial charge is 0.451 e. The quantitative estimate of drug-likeness (QED) is 0.792. The topological polar surface area (TPSA) is 68.3 Å². The first kappa shape index (κ1) is 11.6. The third kappa shape index (κ3) is 2.61. The van der Waals surface area contributed by atoms with Crippen molar-refractivity contribution in [3.8, 4) is 0 Å². The molecule has 0 spiro atoms. The van der Waals surface area contributed by atoms with Gasteiger partial charge in [0.05, 0.1) is 6.54 Å². The molecule has 1 fully saturated rings. The average Bonchev–Trinajstić information content (AvgIpc) is 2.69. The van der Waals surface area contributed by atoms with Gasteiger partial charge in [-0.1, -0.05) is 6.07 Å². The van der Waals surface area contributed by atoms with E-state index >= 15 is 0 Å². The molecule has 5 nitrogen and oxygen atoms in total. The summed E-state index contributed by atoms with van der Waals surface area (Å²) in [7, 11) is 0. The Morgan fingerprint density at radius 1 is 1.59 bits per heavy atom. The van der Waals surface area contributed by atoms with E-state index in [4.69, 9.17) is 4.74 Å². The van der Waals surface area contributed by atoms with Gasteiger partial charge in [0.1, 0.15) is 5.82 Å². The molecular weight excluding hydrogens is 220 g/mol. The Morgan fingerprint density at radius 2 is 2.41 bits per heavy atom. The molecule has 0 aliphatic carbocycles. The molecule has 1 N–H and O–H groups in total. The maximum atomic E-state index is 11.9. The molecule has 0 unspecified atom stereocenters. The summed E-state index contributed by atoms with van der Waals surface area (Å²) in [5.74, 6) is 0.196. The van der Waals surface area contributed by atoms with Crippen LogP contribution in [-0.2, 0) is 14.3 Å². The van der Waals surface area contributed by atoms with E-state index in [0.717, 1.165) is 0 Å². The van der Waals surface area contributed by atoms with Gasteiger partial charge in [-0.2, -0.15) is 0 Å². The standard InChI is InChI=1S/C12H14N2O3/c1-12(6-5-11(16)17-12)9(15)8-14-10-4-2-3-7-13-10/h2-4,7H,5-6,8H2,1H3,(H,13,14)/t12-/m0/s1. The van der Waals surface area contributed by atoms with Gasteiger partial charge in [0.25, 0.3) is 0 Å². The SMILES string of the molecule is C[C@@]1(C(=O)CNc2ccccn2)CCC(=O)O1. The number of pyridine rings is 1. The Bertz CT molecular complexity index is 433. The van der Waals surface area contributed by atoms with E-state index < -0.39 is 5.60 Å². The van der Waals surface area contributed by atoms with E-state index in [0.29, 0.717) is 18.7 Å². The van der Waals surface area contributed by atoms with Crippen LogP contribution < -0.4 is 5.32 Å². The van der Waals surface area contributed by atoms with Gasteiger partial charge in [0, 0.05) is 19.0 Å². The van der Waals surface area contributed by atoms with Crippen molar-refractivity contribution in [2.45, 2.75) is 25.4 Å².